The Bertz CT molecular complexity index is 276. The predicted molar refractivity (Wildman–Crippen MR) is 56.5 cm³/mol. The molecule has 0 spiro atoms. The van der Waals surface area contributed by atoms with Crippen LogP contribution in [0, 0.1) is 0 Å². The maximum absolute atomic E-state index is 9.55. The van der Waals surface area contributed by atoms with Gasteiger partial charge in [-0.1, -0.05) is 6.07 Å². The summed E-state index contributed by atoms with van der Waals surface area (Å²) in [6.07, 6.45) is -0.364. The van der Waals surface area contributed by atoms with Gasteiger partial charge in [-0.2, -0.15) is 0 Å². The second-order valence-electron chi connectivity index (χ2n) is 3.62. The highest BCUT2D eigenvalue weighted by atomic mass is 32.1. The van der Waals surface area contributed by atoms with Gasteiger partial charge in [-0.15, -0.1) is 11.3 Å². The molecular formula is C10H15NO2S. The van der Waals surface area contributed by atoms with Crippen LogP contribution in [0.25, 0.3) is 0 Å². The molecule has 0 saturated carbocycles. The SMILES string of the molecule is C[C@@H](NC1COC[C@H]1O)c1cccs1. The number of aliphatic hydroxyl groups is 1. The fraction of sp³-hybridized carbons (Fsp3) is 0.600. The standard InChI is InChI=1S/C10H15NO2S/c1-7(10-3-2-4-14-10)11-8-5-13-6-9(8)12/h2-4,7-9,11-12H,5-6H2,1H3/t7-,8?,9-/m1/s1. The maximum atomic E-state index is 9.55. The van der Waals surface area contributed by atoms with Crippen molar-refractivity contribution in [2.24, 2.45) is 0 Å². The van der Waals surface area contributed by atoms with E-state index < -0.39 is 0 Å². The first-order valence-electron chi connectivity index (χ1n) is 4.82. The predicted octanol–water partition coefficient (Wildman–Crippen LogP) is 1.16. The van der Waals surface area contributed by atoms with Gasteiger partial charge in [0.2, 0.25) is 0 Å². The van der Waals surface area contributed by atoms with Gasteiger partial charge in [0.25, 0.3) is 0 Å². The molecule has 1 fully saturated rings. The Hall–Kier alpha value is -0.420. The Morgan fingerprint density at radius 1 is 1.64 bits per heavy atom. The van der Waals surface area contributed by atoms with E-state index in [1.807, 2.05) is 6.07 Å². The van der Waals surface area contributed by atoms with Gasteiger partial charge >= 0.3 is 0 Å². The lowest BCUT2D eigenvalue weighted by Crippen LogP contribution is -2.39. The highest BCUT2D eigenvalue weighted by Crippen LogP contribution is 2.20. The number of hydrogen-bond donors (Lipinski definition) is 2. The Balaban J connectivity index is 1.91. The zero-order valence-electron chi connectivity index (χ0n) is 8.14. The average Bonchev–Trinajstić information content (AvgIpc) is 2.77. The van der Waals surface area contributed by atoms with E-state index in [-0.39, 0.29) is 18.2 Å². The van der Waals surface area contributed by atoms with E-state index >= 15 is 0 Å². The second-order valence-corrected chi connectivity index (χ2v) is 4.59. The molecule has 2 heterocycles. The smallest absolute Gasteiger partial charge is 0.0948 e. The van der Waals surface area contributed by atoms with E-state index in [0.717, 1.165) is 0 Å². The van der Waals surface area contributed by atoms with Gasteiger partial charge in [0, 0.05) is 10.9 Å². The van der Waals surface area contributed by atoms with Crippen molar-refractivity contribution in [1.29, 1.82) is 0 Å². The average molecular weight is 213 g/mol. The van der Waals surface area contributed by atoms with E-state index in [0.29, 0.717) is 13.2 Å². The number of ether oxygens (including phenoxy) is 1. The van der Waals surface area contributed by atoms with Crippen LogP contribution in [-0.2, 0) is 4.74 Å². The Morgan fingerprint density at radius 3 is 3.07 bits per heavy atom. The quantitative estimate of drug-likeness (QED) is 0.791. The fourth-order valence-corrected chi connectivity index (χ4v) is 2.39. The molecule has 1 unspecified atom stereocenters. The van der Waals surface area contributed by atoms with Crippen LogP contribution >= 0.6 is 11.3 Å². The summed E-state index contributed by atoms with van der Waals surface area (Å²) in [6.45, 7) is 3.17. The molecule has 0 aliphatic carbocycles. The van der Waals surface area contributed by atoms with Gasteiger partial charge in [-0.05, 0) is 18.4 Å². The largest absolute Gasteiger partial charge is 0.389 e. The summed E-state index contributed by atoms with van der Waals surface area (Å²) in [6, 6.07) is 4.51. The lowest BCUT2D eigenvalue weighted by atomic mass is 10.1. The first-order chi connectivity index (χ1) is 6.77. The molecule has 1 aromatic rings. The normalized spacial score (nSPS) is 29.3. The first-order valence-corrected chi connectivity index (χ1v) is 5.70. The molecule has 0 amide bonds. The maximum Gasteiger partial charge on any atom is 0.0948 e. The molecule has 1 saturated heterocycles. The molecule has 0 aromatic carbocycles. The zero-order valence-corrected chi connectivity index (χ0v) is 8.96. The monoisotopic (exact) mass is 213 g/mol. The van der Waals surface area contributed by atoms with Crippen LogP contribution in [0.3, 0.4) is 0 Å². The topological polar surface area (TPSA) is 41.5 Å². The summed E-state index contributed by atoms with van der Waals surface area (Å²) in [5, 5.41) is 15.0. The minimum absolute atomic E-state index is 0.0760. The number of nitrogens with one attached hydrogen (secondary N) is 1. The fourth-order valence-electron chi connectivity index (χ4n) is 1.64. The summed E-state index contributed by atoms with van der Waals surface area (Å²) in [5.41, 5.74) is 0. The molecule has 1 aliphatic heterocycles. The van der Waals surface area contributed by atoms with Gasteiger partial charge in [0.05, 0.1) is 25.4 Å². The van der Waals surface area contributed by atoms with Crippen LogP contribution < -0.4 is 5.32 Å². The minimum Gasteiger partial charge on any atom is -0.389 e. The lowest BCUT2D eigenvalue weighted by molar-refractivity contribution is 0.121. The van der Waals surface area contributed by atoms with Gasteiger partial charge < -0.3 is 15.2 Å². The molecule has 1 aromatic heterocycles. The summed E-state index contributed by atoms with van der Waals surface area (Å²) >= 11 is 1.73. The van der Waals surface area contributed by atoms with Crippen molar-refractivity contribution in [3.05, 3.63) is 22.4 Å². The third kappa shape index (κ3) is 2.15. The van der Waals surface area contributed by atoms with E-state index in [2.05, 4.69) is 23.7 Å². The van der Waals surface area contributed by atoms with E-state index in [1.165, 1.54) is 4.88 Å². The van der Waals surface area contributed by atoms with Crippen molar-refractivity contribution >= 4 is 11.3 Å². The van der Waals surface area contributed by atoms with Crippen LogP contribution in [0.5, 0.6) is 0 Å². The summed E-state index contributed by atoms with van der Waals surface area (Å²) in [7, 11) is 0. The molecule has 3 atom stereocenters. The molecule has 0 radical (unpaired) electrons. The molecule has 3 nitrogen and oxygen atoms in total. The van der Waals surface area contributed by atoms with E-state index in [9.17, 15) is 5.11 Å². The van der Waals surface area contributed by atoms with Gasteiger partial charge in [0.1, 0.15) is 0 Å². The molecule has 78 valence electrons. The molecule has 0 bridgehead atoms. The van der Waals surface area contributed by atoms with E-state index in [1.54, 1.807) is 11.3 Å². The molecule has 4 heteroatoms. The Kier molecular flexibility index (Phi) is 3.18. The van der Waals surface area contributed by atoms with Crippen LogP contribution in [-0.4, -0.2) is 30.5 Å². The number of hydrogen-bond acceptors (Lipinski definition) is 4. The van der Waals surface area contributed by atoms with Crippen molar-refractivity contribution in [3.8, 4) is 0 Å². The summed E-state index contributed by atoms with van der Waals surface area (Å²) in [5.74, 6) is 0. The van der Waals surface area contributed by atoms with Crippen molar-refractivity contribution in [1.82, 2.24) is 5.32 Å². The summed E-state index contributed by atoms with van der Waals surface area (Å²) in [4.78, 5) is 1.30. The highest BCUT2D eigenvalue weighted by Gasteiger charge is 2.27. The van der Waals surface area contributed by atoms with Crippen molar-refractivity contribution in [2.75, 3.05) is 13.2 Å². The van der Waals surface area contributed by atoms with Crippen LogP contribution in [0.1, 0.15) is 17.8 Å². The molecule has 2 rings (SSSR count). The number of rotatable bonds is 3. The van der Waals surface area contributed by atoms with Crippen LogP contribution in [0.15, 0.2) is 17.5 Å². The Morgan fingerprint density at radius 2 is 2.50 bits per heavy atom. The Labute approximate surface area is 87.7 Å². The third-order valence-corrected chi connectivity index (χ3v) is 3.54. The highest BCUT2D eigenvalue weighted by molar-refractivity contribution is 7.10. The third-order valence-electron chi connectivity index (χ3n) is 2.48. The van der Waals surface area contributed by atoms with Gasteiger partial charge in [-0.25, -0.2) is 0 Å². The van der Waals surface area contributed by atoms with E-state index in [4.69, 9.17) is 4.74 Å². The van der Waals surface area contributed by atoms with Crippen LogP contribution in [0.2, 0.25) is 0 Å². The minimum atomic E-state index is -0.364. The molecular weight excluding hydrogens is 198 g/mol. The molecule has 2 N–H and O–H groups in total. The van der Waals surface area contributed by atoms with Crippen molar-refractivity contribution in [3.63, 3.8) is 0 Å². The van der Waals surface area contributed by atoms with Gasteiger partial charge in [-0.3, -0.25) is 0 Å². The number of aliphatic hydroxyl groups excluding tert-OH is 1. The lowest BCUT2D eigenvalue weighted by Gasteiger charge is -2.19. The second kappa shape index (κ2) is 4.40. The zero-order chi connectivity index (χ0) is 9.97. The number of thiophene rings is 1. The van der Waals surface area contributed by atoms with Crippen LogP contribution in [0.4, 0.5) is 0 Å². The van der Waals surface area contributed by atoms with Gasteiger partial charge in [0.15, 0.2) is 0 Å². The van der Waals surface area contributed by atoms with Crippen molar-refractivity contribution in [2.45, 2.75) is 25.1 Å². The summed E-state index contributed by atoms with van der Waals surface area (Å²) < 4.78 is 5.18. The van der Waals surface area contributed by atoms with Crippen molar-refractivity contribution < 1.29 is 9.84 Å². The molecule has 1 aliphatic rings. The molecule has 14 heavy (non-hydrogen) atoms. The first kappa shape index (κ1) is 10.1.